The standard InChI is InChI=1S/C14H13F2NO3S/c1-20-12-4-2-3-9(14(12)16)8-21(18,19)13-7-10(15)5-6-11(13)17/h2-7H,8,17H2,1H3. The van der Waals surface area contributed by atoms with Gasteiger partial charge in [-0.15, -0.1) is 0 Å². The van der Waals surface area contributed by atoms with Crippen LogP contribution in [0.4, 0.5) is 14.5 Å². The molecule has 0 bridgehead atoms. The van der Waals surface area contributed by atoms with Crippen molar-refractivity contribution in [3.05, 3.63) is 53.6 Å². The van der Waals surface area contributed by atoms with E-state index in [9.17, 15) is 17.2 Å². The van der Waals surface area contributed by atoms with Crippen molar-refractivity contribution in [2.24, 2.45) is 0 Å². The Balaban J connectivity index is 2.45. The van der Waals surface area contributed by atoms with Gasteiger partial charge in [0.25, 0.3) is 0 Å². The number of hydrogen-bond donors (Lipinski definition) is 1. The number of halogens is 2. The Morgan fingerprint density at radius 1 is 1.19 bits per heavy atom. The van der Waals surface area contributed by atoms with Crippen molar-refractivity contribution in [1.29, 1.82) is 0 Å². The highest BCUT2D eigenvalue weighted by Crippen LogP contribution is 2.27. The van der Waals surface area contributed by atoms with Gasteiger partial charge in [0.05, 0.1) is 23.4 Å². The van der Waals surface area contributed by atoms with Gasteiger partial charge in [0.2, 0.25) is 0 Å². The van der Waals surface area contributed by atoms with Gasteiger partial charge < -0.3 is 10.5 Å². The summed E-state index contributed by atoms with van der Waals surface area (Å²) in [5, 5.41) is 0. The highest BCUT2D eigenvalue weighted by molar-refractivity contribution is 7.90. The molecule has 0 aliphatic rings. The van der Waals surface area contributed by atoms with Crippen molar-refractivity contribution in [2.75, 3.05) is 12.8 Å². The first-order valence-electron chi connectivity index (χ1n) is 5.94. The summed E-state index contributed by atoms with van der Waals surface area (Å²) in [5.41, 5.74) is 5.40. The summed E-state index contributed by atoms with van der Waals surface area (Å²) < 4.78 is 56.5. The highest BCUT2D eigenvalue weighted by Gasteiger charge is 2.22. The van der Waals surface area contributed by atoms with Gasteiger partial charge in [-0.1, -0.05) is 12.1 Å². The van der Waals surface area contributed by atoms with E-state index in [1.165, 1.54) is 25.3 Å². The van der Waals surface area contributed by atoms with Gasteiger partial charge in [-0.2, -0.15) is 0 Å². The largest absolute Gasteiger partial charge is 0.494 e. The first-order valence-corrected chi connectivity index (χ1v) is 7.59. The highest BCUT2D eigenvalue weighted by atomic mass is 32.2. The Kier molecular flexibility index (Phi) is 4.13. The van der Waals surface area contributed by atoms with Crippen molar-refractivity contribution in [3.63, 3.8) is 0 Å². The van der Waals surface area contributed by atoms with Crippen molar-refractivity contribution >= 4 is 15.5 Å². The van der Waals surface area contributed by atoms with Crippen LogP contribution < -0.4 is 10.5 Å². The van der Waals surface area contributed by atoms with E-state index in [-0.39, 0.29) is 21.9 Å². The lowest BCUT2D eigenvalue weighted by molar-refractivity contribution is 0.385. The van der Waals surface area contributed by atoms with Crippen LogP contribution in [0, 0.1) is 11.6 Å². The topological polar surface area (TPSA) is 69.4 Å². The van der Waals surface area contributed by atoms with Crippen molar-refractivity contribution in [1.82, 2.24) is 0 Å². The van der Waals surface area contributed by atoms with Gasteiger partial charge in [-0.3, -0.25) is 0 Å². The number of benzene rings is 2. The molecule has 2 N–H and O–H groups in total. The zero-order chi connectivity index (χ0) is 15.6. The minimum Gasteiger partial charge on any atom is -0.494 e. The number of nitrogens with two attached hydrogens (primary N) is 1. The van der Waals surface area contributed by atoms with Crippen LogP contribution in [-0.4, -0.2) is 15.5 Å². The second kappa shape index (κ2) is 5.69. The lowest BCUT2D eigenvalue weighted by Crippen LogP contribution is -2.10. The van der Waals surface area contributed by atoms with Gasteiger partial charge in [-0.25, -0.2) is 17.2 Å². The number of sulfone groups is 1. The third-order valence-corrected chi connectivity index (χ3v) is 4.63. The molecule has 0 aliphatic carbocycles. The zero-order valence-electron chi connectivity index (χ0n) is 11.1. The normalized spacial score (nSPS) is 11.4. The fourth-order valence-corrected chi connectivity index (χ4v) is 3.39. The summed E-state index contributed by atoms with van der Waals surface area (Å²) in [7, 11) is -2.70. The first kappa shape index (κ1) is 15.2. The fourth-order valence-electron chi connectivity index (χ4n) is 1.89. The summed E-state index contributed by atoms with van der Waals surface area (Å²) in [6.45, 7) is 0. The van der Waals surface area contributed by atoms with E-state index in [1.54, 1.807) is 0 Å². The molecule has 112 valence electrons. The molecule has 0 unspecified atom stereocenters. The molecule has 0 amide bonds. The van der Waals surface area contributed by atoms with Crippen LogP contribution in [0.25, 0.3) is 0 Å². The number of nitrogen functional groups attached to an aromatic ring is 1. The Morgan fingerprint density at radius 2 is 1.90 bits per heavy atom. The minimum atomic E-state index is -3.97. The SMILES string of the molecule is COc1cccc(CS(=O)(=O)c2cc(F)ccc2N)c1F. The number of ether oxygens (including phenoxy) is 1. The average Bonchev–Trinajstić information content (AvgIpc) is 2.43. The number of rotatable bonds is 4. The van der Waals surface area contributed by atoms with Crippen LogP contribution in [-0.2, 0) is 15.6 Å². The molecule has 0 heterocycles. The molecule has 2 aromatic carbocycles. The minimum absolute atomic E-state index is 0.0603. The second-order valence-corrected chi connectivity index (χ2v) is 6.33. The summed E-state index contributed by atoms with van der Waals surface area (Å²) in [5.74, 6) is -2.19. The van der Waals surface area contributed by atoms with Gasteiger partial charge in [0, 0.05) is 5.56 Å². The molecule has 0 spiro atoms. The summed E-state index contributed by atoms with van der Waals surface area (Å²) in [4.78, 5) is -0.357. The maximum absolute atomic E-state index is 14.0. The lowest BCUT2D eigenvalue weighted by Gasteiger charge is -2.10. The molecule has 0 saturated heterocycles. The molecule has 7 heteroatoms. The van der Waals surface area contributed by atoms with Crippen molar-refractivity contribution in [3.8, 4) is 5.75 Å². The molecular formula is C14H13F2NO3S. The third-order valence-electron chi connectivity index (χ3n) is 2.92. The molecule has 0 atom stereocenters. The first-order chi connectivity index (χ1) is 9.85. The van der Waals surface area contributed by atoms with Crippen LogP contribution in [0.5, 0.6) is 5.75 Å². The van der Waals surface area contributed by atoms with Crippen molar-refractivity contribution in [2.45, 2.75) is 10.6 Å². The van der Waals surface area contributed by atoms with E-state index in [1.807, 2.05) is 0 Å². The molecule has 2 rings (SSSR count). The Labute approximate surface area is 121 Å². The van der Waals surface area contributed by atoms with E-state index < -0.39 is 27.2 Å². The molecular weight excluding hydrogens is 300 g/mol. The molecule has 21 heavy (non-hydrogen) atoms. The average molecular weight is 313 g/mol. The van der Waals surface area contributed by atoms with Crippen molar-refractivity contribution < 1.29 is 21.9 Å². The van der Waals surface area contributed by atoms with Gasteiger partial charge in [-0.05, 0) is 24.3 Å². The number of hydrogen-bond acceptors (Lipinski definition) is 4. The van der Waals surface area contributed by atoms with Crippen LogP contribution in [0.3, 0.4) is 0 Å². The Morgan fingerprint density at radius 3 is 2.57 bits per heavy atom. The quantitative estimate of drug-likeness (QED) is 0.881. The van der Waals surface area contributed by atoms with Crippen LogP contribution >= 0.6 is 0 Å². The lowest BCUT2D eigenvalue weighted by atomic mass is 10.2. The smallest absolute Gasteiger partial charge is 0.184 e. The molecule has 2 aromatic rings. The molecule has 0 radical (unpaired) electrons. The maximum Gasteiger partial charge on any atom is 0.184 e. The van der Waals surface area contributed by atoms with E-state index >= 15 is 0 Å². The summed E-state index contributed by atoms with van der Waals surface area (Å²) in [6, 6.07) is 7.21. The van der Waals surface area contributed by atoms with E-state index in [0.717, 1.165) is 18.2 Å². The number of methoxy groups -OCH3 is 1. The van der Waals surface area contributed by atoms with Crippen LogP contribution in [0.2, 0.25) is 0 Å². The van der Waals surface area contributed by atoms with Crippen LogP contribution in [0.15, 0.2) is 41.3 Å². The van der Waals surface area contributed by atoms with Crippen LogP contribution in [0.1, 0.15) is 5.56 Å². The molecule has 4 nitrogen and oxygen atoms in total. The Hall–Kier alpha value is -2.15. The fraction of sp³-hybridized carbons (Fsp3) is 0.143. The van der Waals surface area contributed by atoms with Gasteiger partial charge in [0.15, 0.2) is 21.4 Å². The molecule has 0 fully saturated rings. The predicted molar refractivity (Wildman–Crippen MR) is 74.7 cm³/mol. The maximum atomic E-state index is 14.0. The summed E-state index contributed by atoms with van der Waals surface area (Å²) in [6.07, 6.45) is 0. The van der Waals surface area contributed by atoms with E-state index in [0.29, 0.717) is 0 Å². The summed E-state index contributed by atoms with van der Waals surface area (Å²) >= 11 is 0. The van der Waals surface area contributed by atoms with E-state index in [2.05, 4.69) is 0 Å². The molecule has 0 aromatic heterocycles. The number of anilines is 1. The zero-order valence-corrected chi connectivity index (χ0v) is 12.0. The Bertz CT molecular complexity index is 776. The molecule has 0 aliphatic heterocycles. The van der Waals surface area contributed by atoms with Gasteiger partial charge in [0.1, 0.15) is 5.82 Å². The molecule has 0 saturated carbocycles. The van der Waals surface area contributed by atoms with Gasteiger partial charge >= 0.3 is 0 Å². The predicted octanol–water partition coefficient (Wildman–Crippen LogP) is 2.53. The third kappa shape index (κ3) is 3.13. The second-order valence-electron chi connectivity index (χ2n) is 4.37. The van der Waals surface area contributed by atoms with E-state index in [4.69, 9.17) is 10.5 Å². The monoisotopic (exact) mass is 313 g/mol.